The van der Waals surface area contributed by atoms with Crippen LogP contribution in [0.15, 0.2) is 0 Å². The summed E-state index contributed by atoms with van der Waals surface area (Å²) >= 11 is 0. The zero-order valence-electron chi connectivity index (χ0n) is 8.03. The highest BCUT2D eigenvalue weighted by atomic mass is 16.5. The van der Waals surface area contributed by atoms with E-state index >= 15 is 0 Å². The first kappa shape index (κ1) is 9.96. The van der Waals surface area contributed by atoms with E-state index in [1.54, 1.807) is 0 Å². The monoisotopic (exact) mass is 173 g/mol. The van der Waals surface area contributed by atoms with Crippen molar-refractivity contribution in [1.82, 2.24) is 0 Å². The van der Waals surface area contributed by atoms with Gasteiger partial charge in [0, 0.05) is 6.42 Å². The van der Waals surface area contributed by atoms with Crippen LogP contribution in [-0.4, -0.2) is 29.5 Å². The predicted octanol–water partition coefficient (Wildman–Crippen LogP) is 0.508. The number of aliphatic hydroxyl groups excluding tert-OH is 1. The Kier molecular flexibility index (Phi) is 3.09. The van der Waals surface area contributed by atoms with Gasteiger partial charge in [0.15, 0.2) is 0 Å². The van der Waals surface area contributed by atoms with Crippen molar-refractivity contribution in [3.05, 3.63) is 0 Å². The zero-order valence-corrected chi connectivity index (χ0v) is 8.03. The summed E-state index contributed by atoms with van der Waals surface area (Å²) in [4.78, 5) is 0. The minimum atomic E-state index is -0.402. The van der Waals surface area contributed by atoms with Crippen molar-refractivity contribution in [2.24, 2.45) is 11.7 Å². The Morgan fingerprint density at radius 1 is 1.50 bits per heavy atom. The maximum absolute atomic E-state index is 9.56. The molecule has 0 amide bonds. The fraction of sp³-hybridized carbons (Fsp3) is 1.00. The van der Waals surface area contributed by atoms with Gasteiger partial charge in [-0.1, -0.05) is 13.8 Å². The lowest BCUT2D eigenvalue weighted by Crippen LogP contribution is -2.52. The molecule has 0 radical (unpaired) electrons. The molecule has 0 spiro atoms. The molecule has 0 saturated carbocycles. The van der Waals surface area contributed by atoms with Gasteiger partial charge in [-0.05, 0) is 12.8 Å². The van der Waals surface area contributed by atoms with Gasteiger partial charge in [-0.15, -0.1) is 0 Å². The summed E-state index contributed by atoms with van der Waals surface area (Å²) in [5, 5.41) is 9.56. The van der Waals surface area contributed by atoms with Crippen LogP contribution >= 0.6 is 0 Å². The molecule has 1 unspecified atom stereocenters. The van der Waals surface area contributed by atoms with Gasteiger partial charge in [0.2, 0.25) is 0 Å². The van der Waals surface area contributed by atoms with Gasteiger partial charge in [0.05, 0.1) is 24.4 Å². The SMILES string of the molecule is CC(C)[C@@H]1C[C@H](O)[C@H](N)C(C)O1. The first-order valence-electron chi connectivity index (χ1n) is 4.61. The molecule has 1 aliphatic heterocycles. The number of hydrogen-bond acceptors (Lipinski definition) is 3. The van der Waals surface area contributed by atoms with E-state index in [0.717, 1.165) is 0 Å². The molecule has 1 aliphatic rings. The predicted molar refractivity (Wildman–Crippen MR) is 47.8 cm³/mol. The summed E-state index contributed by atoms with van der Waals surface area (Å²) in [6.07, 6.45) is 0.403. The standard InChI is InChI=1S/C9H19NO2/c1-5(2)8-4-7(11)9(10)6(3)12-8/h5-9,11H,4,10H2,1-3H3/t6?,7-,8-,9+/m0/s1. The quantitative estimate of drug-likeness (QED) is 0.607. The van der Waals surface area contributed by atoms with Gasteiger partial charge in [0.1, 0.15) is 0 Å². The lowest BCUT2D eigenvalue weighted by molar-refractivity contribution is -0.116. The molecule has 0 aromatic heterocycles. The Labute approximate surface area is 73.9 Å². The Bertz CT molecular complexity index is 137. The minimum Gasteiger partial charge on any atom is -0.391 e. The maximum atomic E-state index is 9.56. The van der Waals surface area contributed by atoms with E-state index in [9.17, 15) is 5.11 Å². The van der Waals surface area contributed by atoms with E-state index in [1.807, 2.05) is 6.92 Å². The summed E-state index contributed by atoms with van der Waals surface area (Å²) in [7, 11) is 0. The summed E-state index contributed by atoms with van der Waals surface area (Å²) in [6, 6.07) is -0.222. The van der Waals surface area contributed by atoms with Crippen LogP contribution in [0.5, 0.6) is 0 Å². The first-order valence-corrected chi connectivity index (χ1v) is 4.61. The second-order valence-corrected chi connectivity index (χ2v) is 4.00. The first-order chi connectivity index (χ1) is 5.52. The molecule has 0 aromatic rings. The van der Waals surface area contributed by atoms with Crippen LogP contribution in [0.2, 0.25) is 0 Å². The van der Waals surface area contributed by atoms with Crippen molar-refractivity contribution in [2.45, 2.75) is 51.5 Å². The molecule has 1 rings (SSSR count). The summed E-state index contributed by atoms with van der Waals surface area (Å²) in [6.45, 7) is 6.12. The molecule has 12 heavy (non-hydrogen) atoms. The molecule has 3 nitrogen and oxygen atoms in total. The molecular formula is C9H19NO2. The van der Waals surface area contributed by atoms with E-state index in [-0.39, 0.29) is 18.2 Å². The fourth-order valence-electron chi connectivity index (χ4n) is 1.56. The molecule has 1 saturated heterocycles. The smallest absolute Gasteiger partial charge is 0.0741 e. The van der Waals surface area contributed by atoms with E-state index in [4.69, 9.17) is 10.5 Å². The number of ether oxygens (including phenoxy) is 1. The molecule has 3 N–H and O–H groups in total. The summed E-state index contributed by atoms with van der Waals surface area (Å²) < 4.78 is 5.65. The van der Waals surface area contributed by atoms with Crippen molar-refractivity contribution in [2.75, 3.05) is 0 Å². The van der Waals surface area contributed by atoms with Gasteiger partial charge < -0.3 is 15.6 Å². The highest BCUT2D eigenvalue weighted by Gasteiger charge is 2.33. The second kappa shape index (κ2) is 3.73. The number of hydrogen-bond donors (Lipinski definition) is 2. The molecule has 1 heterocycles. The van der Waals surface area contributed by atoms with Gasteiger partial charge in [-0.3, -0.25) is 0 Å². The lowest BCUT2D eigenvalue weighted by atomic mass is 9.92. The van der Waals surface area contributed by atoms with Crippen LogP contribution < -0.4 is 5.73 Å². The van der Waals surface area contributed by atoms with Crippen molar-refractivity contribution in [3.63, 3.8) is 0 Å². The molecular weight excluding hydrogens is 154 g/mol. The minimum absolute atomic E-state index is 0.0267. The average Bonchev–Trinajstić information content (AvgIpc) is 1.99. The largest absolute Gasteiger partial charge is 0.391 e. The Balaban J connectivity index is 2.53. The van der Waals surface area contributed by atoms with Crippen LogP contribution in [0.4, 0.5) is 0 Å². The number of aliphatic hydroxyl groups is 1. The third-order valence-corrected chi connectivity index (χ3v) is 2.59. The normalized spacial score (nSPS) is 43.5. The molecule has 0 aromatic carbocycles. The Hall–Kier alpha value is -0.120. The lowest BCUT2D eigenvalue weighted by Gasteiger charge is -2.38. The average molecular weight is 173 g/mol. The summed E-state index contributed by atoms with van der Waals surface area (Å²) in [5.41, 5.74) is 5.71. The van der Waals surface area contributed by atoms with Crippen LogP contribution in [0, 0.1) is 5.92 Å². The van der Waals surface area contributed by atoms with Crippen LogP contribution in [-0.2, 0) is 4.74 Å². The van der Waals surface area contributed by atoms with Crippen LogP contribution in [0.25, 0.3) is 0 Å². The van der Waals surface area contributed by atoms with Crippen molar-refractivity contribution >= 4 is 0 Å². The molecule has 0 aliphatic carbocycles. The van der Waals surface area contributed by atoms with Crippen molar-refractivity contribution in [1.29, 1.82) is 0 Å². The van der Waals surface area contributed by atoms with Gasteiger partial charge in [-0.2, -0.15) is 0 Å². The Morgan fingerprint density at radius 3 is 2.50 bits per heavy atom. The topological polar surface area (TPSA) is 55.5 Å². The number of nitrogens with two attached hydrogens (primary N) is 1. The highest BCUT2D eigenvalue weighted by molar-refractivity contribution is 4.86. The molecule has 1 fully saturated rings. The van der Waals surface area contributed by atoms with Gasteiger partial charge in [-0.25, -0.2) is 0 Å². The molecule has 72 valence electrons. The van der Waals surface area contributed by atoms with E-state index < -0.39 is 6.10 Å². The molecule has 3 heteroatoms. The molecule has 4 atom stereocenters. The van der Waals surface area contributed by atoms with Gasteiger partial charge >= 0.3 is 0 Å². The highest BCUT2D eigenvalue weighted by Crippen LogP contribution is 2.23. The second-order valence-electron chi connectivity index (χ2n) is 4.00. The third-order valence-electron chi connectivity index (χ3n) is 2.59. The van der Waals surface area contributed by atoms with Crippen molar-refractivity contribution in [3.8, 4) is 0 Å². The molecule has 0 bridgehead atoms. The van der Waals surface area contributed by atoms with Crippen molar-refractivity contribution < 1.29 is 9.84 Å². The van der Waals surface area contributed by atoms with E-state index in [1.165, 1.54) is 0 Å². The third kappa shape index (κ3) is 1.97. The van der Waals surface area contributed by atoms with Gasteiger partial charge in [0.25, 0.3) is 0 Å². The fourth-order valence-corrected chi connectivity index (χ4v) is 1.56. The van der Waals surface area contributed by atoms with Crippen LogP contribution in [0.3, 0.4) is 0 Å². The van der Waals surface area contributed by atoms with E-state index in [0.29, 0.717) is 12.3 Å². The number of rotatable bonds is 1. The summed E-state index contributed by atoms with van der Waals surface area (Å²) in [5.74, 6) is 0.453. The van der Waals surface area contributed by atoms with E-state index in [2.05, 4.69) is 13.8 Å². The Morgan fingerprint density at radius 2 is 2.08 bits per heavy atom. The zero-order chi connectivity index (χ0) is 9.30. The van der Waals surface area contributed by atoms with Crippen LogP contribution in [0.1, 0.15) is 27.2 Å². The maximum Gasteiger partial charge on any atom is 0.0741 e.